The van der Waals surface area contributed by atoms with Crippen LogP contribution in [0.5, 0.6) is 0 Å². The molecule has 0 atom stereocenters. The number of unbranched alkanes of at least 4 members (excludes halogenated alkanes) is 2. The van der Waals surface area contributed by atoms with Gasteiger partial charge >= 0.3 is 0 Å². The fraction of sp³-hybridized carbons (Fsp3) is 0.556. The fourth-order valence-corrected chi connectivity index (χ4v) is 2.88. The minimum absolute atomic E-state index is 0.0405. The van der Waals surface area contributed by atoms with E-state index in [4.69, 9.17) is 0 Å². The first-order valence-corrected chi connectivity index (χ1v) is 8.45. The van der Waals surface area contributed by atoms with E-state index in [1.165, 1.54) is 12.1 Å². The zero-order valence-corrected chi connectivity index (χ0v) is 13.7. The van der Waals surface area contributed by atoms with Crippen LogP contribution >= 0.6 is 0 Å². The number of amides is 2. The van der Waals surface area contributed by atoms with Gasteiger partial charge in [-0.15, -0.1) is 0 Å². The van der Waals surface area contributed by atoms with Crippen LogP contribution in [0.1, 0.15) is 49.4 Å². The predicted octanol–water partition coefficient (Wildman–Crippen LogP) is 2.98. The highest BCUT2D eigenvalue weighted by Gasteiger charge is 2.28. The van der Waals surface area contributed by atoms with Crippen molar-refractivity contribution in [2.45, 2.75) is 39.0 Å². The Morgan fingerprint density at radius 1 is 1.22 bits per heavy atom. The van der Waals surface area contributed by atoms with Gasteiger partial charge in [0.15, 0.2) is 0 Å². The van der Waals surface area contributed by atoms with Crippen LogP contribution in [0, 0.1) is 11.7 Å². The molecule has 1 saturated heterocycles. The van der Waals surface area contributed by atoms with Crippen LogP contribution in [0.25, 0.3) is 0 Å². The van der Waals surface area contributed by atoms with E-state index in [-0.39, 0.29) is 23.3 Å². The zero-order valence-electron chi connectivity index (χ0n) is 13.7. The number of likely N-dealkylation sites (tertiary alicyclic amines) is 1. The lowest BCUT2D eigenvalue weighted by Crippen LogP contribution is -2.43. The lowest BCUT2D eigenvalue weighted by atomic mass is 9.95. The van der Waals surface area contributed by atoms with Gasteiger partial charge in [0.2, 0.25) is 5.91 Å². The molecule has 1 aliphatic heterocycles. The van der Waals surface area contributed by atoms with Crippen molar-refractivity contribution in [3.8, 4) is 0 Å². The first kappa shape index (κ1) is 17.4. The van der Waals surface area contributed by atoms with Gasteiger partial charge in [-0.1, -0.05) is 31.9 Å². The summed E-state index contributed by atoms with van der Waals surface area (Å²) in [5.74, 6) is -0.737. The average Bonchev–Trinajstić information content (AvgIpc) is 2.58. The Kier molecular flexibility index (Phi) is 6.56. The van der Waals surface area contributed by atoms with E-state index in [9.17, 15) is 14.0 Å². The number of benzene rings is 1. The number of carbonyl (C=O) groups excluding carboxylic acids is 2. The lowest BCUT2D eigenvalue weighted by Gasteiger charge is -2.31. The monoisotopic (exact) mass is 320 g/mol. The third-order valence-corrected chi connectivity index (χ3v) is 4.34. The Hall–Kier alpha value is -1.91. The van der Waals surface area contributed by atoms with E-state index in [1.54, 1.807) is 17.0 Å². The van der Waals surface area contributed by atoms with Gasteiger partial charge in [-0.2, -0.15) is 0 Å². The summed E-state index contributed by atoms with van der Waals surface area (Å²) in [6.45, 7) is 3.85. The van der Waals surface area contributed by atoms with Crippen LogP contribution < -0.4 is 5.32 Å². The lowest BCUT2D eigenvalue weighted by molar-refractivity contribution is -0.126. The Balaban J connectivity index is 1.80. The number of hydrogen-bond acceptors (Lipinski definition) is 2. The van der Waals surface area contributed by atoms with Gasteiger partial charge in [-0.3, -0.25) is 9.59 Å². The van der Waals surface area contributed by atoms with Crippen molar-refractivity contribution in [3.05, 3.63) is 35.6 Å². The molecule has 0 aromatic heterocycles. The van der Waals surface area contributed by atoms with Gasteiger partial charge in [0.25, 0.3) is 5.91 Å². The number of halogens is 1. The Morgan fingerprint density at radius 2 is 1.91 bits per heavy atom. The van der Waals surface area contributed by atoms with Crippen molar-refractivity contribution in [1.82, 2.24) is 10.2 Å². The van der Waals surface area contributed by atoms with Crippen LogP contribution in [-0.2, 0) is 4.79 Å². The van der Waals surface area contributed by atoms with Gasteiger partial charge in [-0.05, 0) is 31.4 Å². The van der Waals surface area contributed by atoms with Crippen molar-refractivity contribution in [3.63, 3.8) is 0 Å². The molecule has 1 aliphatic rings. The van der Waals surface area contributed by atoms with Crippen molar-refractivity contribution in [1.29, 1.82) is 0 Å². The predicted molar refractivity (Wildman–Crippen MR) is 87.6 cm³/mol. The maximum Gasteiger partial charge on any atom is 0.256 e. The molecule has 0 unspecified atom stereocenters. The minimum Gasteiger partial charge on any atom is -0.356 e. The van der Waals surface area contributed by atoms with Crippen LogP contribution in [0.4, 0.5) is 4.39 Å². The molecule has 1 aromatic carbocycles. The van der Waals surface area contributed by atoms with Gasteiger partial charge < -0.3 is 10.2 Å². The number of nitrogens with one attached hydrogen (secondary N) is 1. The number of carbonyl (C=O) groups is 2. The minimum atomic E-state index is -0.492. The van der Waals surface area contributed by atoms with Gasteiger partial charge in [0.1, 0.15) is 5.82 Å². The summed E-state index contributed by atoms with van der Waals surface area (Å²) >= 11 is 0. The van der Waals surface area contributed by atoms with Gasteiger partial charge in [-0.25, -0.2) is 4.39 Å². The van der Waals surface area contributed by atoms with E-state index in [2.05, 4.69) is 12.2 Å². The second-order valence-electron chi connectivity index (χ2n) is 6.04. The number of piperidine rings is 1. The molecule has 5 heteroatoms. The highest BCUT2D eigenvalue weighted by molar-refractivity contribution is 5.94. The van der Waals surface area contributed by atoms with E-state index in [1.807, 2.05) is 0 Å². The van der Waals surface area contributed by atoms with E-state index < -0.39 is 5.82 Å². The quantitative estimate of drug-likeness (QED) is 0.819. The maximum absolute atomic E-state index is 13.7. The zero-order chi connectivity index (χ0) is 16.7. The summed E-state index contributed by atoms with van der Waals surface area (Å²) in [6, 6.07) is 6.03. The van der Waals surface area contributed by atoms with Crippen LogP contribution in [-0.4, -0.2) is 36.3 Å². The molecule has 126 valence electrons. The van der Waals surface area contributed by atoms with Crippen LogP contribution in [0.2, 0.25) is 0 Å². The van der Waals surface area contributed by atoms with Crippen molar-refractivity contribution < 1.29 is 14.0 Å². The Morgan fingerprint density at radius 3 is 2.57 bits per heavy atom. The molecule has 1 N–H and O–H groups in total. The normalized spacial score (nSPS) is 15.5. The summed E-state index contributed by atoms with van der Waals surface area (Å²) in [5, 5.41) is 2.97. The largest absolute Gasteiger partial charge is 0.356 e. The topological polar surface area (TPSA) is 49.4 Å². The van der Waals surface area contributed by atoms with Crippen LogP contribution in [0.15, 0.2) is 24.3 Å². The van der Waals surface area contributed by atoms with Crippen molar-refractivity contribution in [2.24, 2.45) is 5.92 Å². The molecule has 2 amide bonds. The molecule has 0 aliphatic carbocycles. The first-order chi connectivity index (χ1) is 11.1. The highest BCUT2D eigenvalue weighted by Crippen LogP contribution is 2.20. The summed E-state index contributed by atoms with van der Waals surface area (Å²) in [7, 11) is 0. The molecule has 4 nitrogen and oxygen atoms in total. The van der Waals surface area contributed by atoms with E-state index in [0.29, 0.717) is 25.9 Å². The number of nitrogens with zero attached hydrogens (tertiary/aromatic N) is 1. The summed E-state index contributed by atoms with van der Waals surface area (Å²) in [4.78, 5) is 26.1. The molecule has 0 radical (unpaired) electrons. The smallest absolute Gasteiger partial charge is 0.256 e. The van der Waals surface area contributed by atoms with E-state index in [0.717, 1.165) is 25.8 Å². The second-order valence-corrected chi connectivity index (χ2v) is 6.04. The summed E-state index contributed by atoms with van der Waals surface area (Å²) in [6.07, 6.45) is 4.54. The van der Waals surface area contributed by atoms with Gasteiger partial charge in [0, 0.05) is 25.6 Å². The van der Waals surface area contributed by atoms with Crippen LogP contribution in [0.3, 0.4) is 0 Å². The molecule has 0 bridgehead atoms. The van der Waals surface area contributed by atoms with Crippen molar-refractivity contribution >= 4 is 11.8 Å². The number of rotatable bonds is 6. The number of hydrogen-bond donors (Lipinski definition) is 1. The van der Waals surface area contributed by atoms with Gasteiger partial charge in [0.05, 0.1) is 5.56 Å². The summed E-state index contributed by atoms with van der Waals surface area (Å²) < 4.78 is 13.7. The third kappa shape index (κ3) is 4.78. The first-order valence-electron chi connectivity index (χ1n) is 8.45. The summed E-state index contributed by atoms with van der Waals surface area (Å²) in [5.41, 5.74) is 0.106. The molecular formula is C18H25FN2O2. The fourth-order valence-electron chi connectivity index (χ4n) is 2.88. The average molecular weight is 320 g/mol. The highest BCUT2D eigenvalue weighted by atomic mass is 19.1. The van der Waals surface area contributed by atoms with E-state index >= 15 is 0 Å². The molecule has 0 saturated carbocycles. The molecule has 2 rings (SSSR count). The molecule has 1 fully saturated rings. The third-order valence-electron chi connectivity index (χ3n) is 4.34. The molecule has 23 heavy (non-hydrogen) atoms. The molecule has 0 spiro atoms. The Labute approximate surface area is 137 Å². The molecular weight excluding hydrogens is 295 g/mol. The Bertz CT molecular complexity index is 540. The standard InChI is InChI=1S/C18H25FN2O2/c1-2-3-6-11-20-17(22)14-9-12-21(13-10-14)18(23)15-7-4-5-8-16(15)19/h4-5,7-8,14H,2-3,6,9-13H2,1H3,(H,20,22). The molecule has 1 heterocycles. The SMILES string of the molecule is CCCCCNC(=O)C1CCN(C(=O)c2ccccc2F)CC1. The maximum atomic E-state index is 13.7. The second kappa shape index (κ2) is 8.65. The molecule has 1 aromatic rings. The van der Waals surface area contributed by atoms with Crippen molar-refractivity contribution in [2.75, 3.05) is 19.6 Å².